The average molecular weight is 365 g/mol. The molecule has 142 valence electrons. The number of ether oxygens (including phenoxy) is 1. The molecule has 0 N–H and O–H groups in total. The second-order valence-electron chi connectivity index (χ2n) is 7.27. The molecule has 1 aliphatic heterocycles. The highest BCUT2D eigenvalue weighted by atomic mass is 19.1. The molecule has 1 aliphatic rings. The van der Waals surface area contributed by atoms with Gasteiger partial charge < -0.3 is 9.64 Å². The zero-order valence-electron chi connectivity index (χ0n) is 15.8. The Kier molecular flexibility index (Phi) is 6.16. The highest BCUT2D eigenvalue weighted by molar-refractivity contribution is 5.96. The van der Waals surface area contributed by atoms with E-state index in [1.165, 1.54) is 11.0 Å². The van der Waals surface area contributed by atoms with Crippen molar-refractivity contribution >= 4 is 11.9 Å². The summed E-state index contributed by atoms with van der Waals surface area (Å²) in [5, 5.41) is 0. The molecule has 0 unspecified atom stereocenters. The summed E-state index contributed by atoms with van der Waals surface area (Å²) in [6.07, 6.45) is -0.0653. The van der Waals surface area contributed by atoms with Gasteiger partial charge in [-0.3, -0.25) is 4.79 Å². The molecule has 0 fully saturated rings. The lowest BCUT2D eigenvalue weighted by Gasteiger charge is -2.37. The quantitative estimate of drug-likeness (QED) is 0.736. The molecule has 1 aromatic rings. The van der Waals surface area contributed by atoms with Crippen LogP contribution in [-0.4, -0.2) is 29.4 Å². The molecular weight excluding hydrogens is 340 g/mol. The largest absolute Gasteiger partial charge is 0.462 e. The maximum Gasteiger partial charge on any atom is 0.336 e. The third kappa shape index (κ3) is 4.11. The number of allylic oxidation sites excluding steroid dienone is 1. The van der Waals surface area contributed by atoms with Crippen LogP contribution in [0, 0.1) is 17.6 Å². The molecule has 1 amide bonds. The topological polar surface area (TPSA) is 46.6 Å². The zero-order valence-corrected chi connectivity index (χ0v) is 15.8. The maximum absolute atomic E-state index is 14.4. The van der Waals surface area contributed by atoms with Crippen molar-refractivity contribution < 1.29 is 23.1 Å². The van der Waals surface area contributed by atoms with Gasteiger partial charge in [-0.15, -0.1) is 0 Å². The van der Waals surface area contributed by atoms with E-state index in [4.69, 9.17) is 4.74 Å². The third-order valence-corrected chi connectivity index (χ3v) is 4.37. The van der Waals surface area contributed by atoms with E-state index in [2.05, 4.69) is 0 Å². The molecule has 0 aromatic heterocycles. The number of rotatable bonds is 5. The monoisotopic (exact) mass is 365 g/mol. The summed E-state index contributed by atoms with van der Waals surface area (Å²) in [7, 11) is 0. The van der Waals surface area contributed by atoms with Crippen LogP contribution in [0.3, 0.4) is 0 Å². The second kappa shape index (κ2) is 7.98. The molecule has 6 heteroatoms. The Morgan fingerprint density at radius 3 is 2.46 bits per heavy atom. The third-order valence-electron chi connectivity index (χ3n) is 4.37. The number of amides is 1. The van der Waals surface area contributed by atoms with E-state index in [1.54, 1.807) is 6.92 Å². The SMILES string of the molecule is CC1=C(C(=O)OCC(C)C)[C@@H](c2ccc(F)cc2F)CC(=O)N1C(C)C. The summed E-state index contributed by atoms with van der Waals surface area (Å²) in [6.45, 7) is 9.41. The van der Waals surface area contributed by atoms with Crippen molar-refractivity contribution in [1.82, 2.24) is 4.90 Å². The normalized spacial score (nSPS) is 18.1. The van der Waals surface area contributed by atoms with Gasteiger partial charge in [0, 0.05) is 30.1 Å². The van der Waals surface area contributed by atoms with Gasteiger partial charge in [-0.2, -0.15) is 0 Å². The Morgan fingerprint density at radius 2 is 1.92 bits per heavy atom. The minimum Gasteiger partial charge on any atom is -0.462 e. The first-order valence-corrected chi connectivity index (χ1v) is 8.78. The number of carbonyl (C=O) groups excluding carboxylic acids is 2. The number of nitrogens with zero attached hydrogens (tertiary/aromatic N) is 1. The summed E-state index contributed by atoms with van der Waals surface area (Å²) in [4.78, 5) is 26.9. The van der Waals surface area contributed by atoms with E-state index in [0.29, 0.717) is 5.70 Å². The van der Waals surface area contributed by atoms with Gasteiger partial charge in [0.05, 0.1) is 12.2 Å². The standard InChI is InChI=1S/C20H25F2NO3/c1-11(2)10-26-20(25)19-13(5)23(12(3)4)18(24)9-16(19)15-7-6-14(21)8-17(15)22/h6-8,11-12,16H,9-10H2,1-5H3/t16-/m1/s1. The van der Waals surface area contributed by atoms with Crippen molar-refractivity contribution in [3.63, 3.8) is 0 Å². The molecule has 1 atom stereocenters. The molecule has 1 heterocycles. The van der Waals surface area contributed by atoms with E-state index in [-0.39, 0.29) is 42.0 Å². The first-order valence-electron chi connectivity index (χ1n) is 8.78. The van der Waals surface area contributed by atoms with Gasteiger partial charge in [0.2, 0.25) is 5.91 Å². The predicted molar refractivity (Wildman–Crippen MR) is 94.2 cm³/mol. The molecule has 0 saturated carbocycles. The number of halogens is 2. The number of hydrogen-bond acceptors (Lipinski definition) is 3. The molecule has 2 rings (SSSR count). The smallest absolute Gasteiger partial charge is 0.336 e. The molecule has 0 radical (unpaired) electrons. The Hall–Kier alpha value is -2.24. The highest BCUT2D eigenvalue weighted by Crippen LogP contribution is 2.39. The van der Waals surface area contributed by atoms with Crippen LogP contribution >= 0.6 is 0 Å². The Bertz CT molecular complexity index is 741. The van der Waals surface area contributed by atoms with E-state index >= 15 is 0 Å². The first-order chi connectivity index (χ1) is 12.1. The number of esters is 1. The van der Waals surface area contributed by atoms with Crippen molar-refractivity contribution in [2.45, 2.75) is 53.0 Å². The fourth-order valence-corrected chi connectivity index (χ4v) is 3.28. The Labute approximate surface area is 152 Å². The summed E-state index contributed by atoms with van der Waals surface area (Å²) in [6, 6.07) is 3.04. The van der Waals surface area contributed by atoms with E-state index < -0.39 is 23.5 Å². The first kappa shape index (κ1) is 20.1. The molecule has 26 heavy (non-hydrogen) atoms. The van der Waals surface area contributed by atoms with Crippen molar-refractivity contribution in [3.8, 4) is 0 Å². The predicted octanol–water partition coefficient (Wildman–Crippen LogP) is 4.16. The zero-order chi connectivity index (χ0) is 19.6. The van der Waals surface area contributed by atoms with Crippen LogP contribution in [0.4, 0.5) is 8.78 Å². The molecule has 0 aliphatic carbocycles. The molecule has 0 bridgehead atoms. The second-order valence-corrected chi connectivity index (χ2v) is 7.27. The van der Waals surface area contributed by atoms with Gasteiger partial charge >= 0.3 is 5.97 Å². The van der Waals surface area contributed by atoms with E-state index in [9.17, 15) is 18.4 Å². The molecular formula is C20H25F2NO3. The molecule has 1 aromatic carbocycles. The fraction of sp³-hybridized carbons (Fsp3) is 0.500. The Morgan fingerprint density at radius 1 is 1.27 bits per heavy atom. The van der Waals surface area contributed by atoms with Crippen molar-refractivity contribution in [2.75, 3.05) is 6.61 Å². The lowest BCUT2D eigenvalue weighted by atomic mass is 9.83. The minimum absolute atomic E-state index is 0.0653. The summed E-state index contributed by atoms with van der Waals surface area (Å²) < 4.78 is 33.0. The lowest BCUT2D eigenvalue weighted by molar-refractivity contribution is -0.141. The highest BCUT2D eigenvalue weighted by Gasteiger charge is 2.38. The van der Waals surface area contributed by atoms with Gasteiger partial charge in [0.15, 0.2) is 0 Å². The maximum atomic E-state index is 14.4. The van der Waals surface area contributed by atoms with Crippen LogP contribution in [-0.2, 0) is 14.3 Å². The van der Waals surface area contributed by atoms with Crippen LogP contribution in [0.5, 0.6) is 0 Å². The van der Waals surface area contributed by atoms with Crippen LogP contribution in [0.15, 0.2) is 29.5 Å². The Balaban J connectivity index is 2.54. The van der Waals surface area contributed by atoms with Gasteiger partial charge in [-0.1, -0.05) is 19.9 Å². The lowest BCUT2D eigenvalue weighted by Crippen LogP contribution is -2.42. The van der Waals surface area contributed by atoms with Gasteiger partial charge in [-0.05, 0) is 38.3 Å². The summed E-state index contributed by atoms with van der Waals surface area (Å²) >= 11 is 0. The summed E-state index contributed by atoms with van der Waals surface area (Å²) in [5.41, 5.74) is 0.835. The van der Waals surface area contributed by atoms with E-state index in [0.717, 1.165) is 12.1 Å². The molecule has 0 spiro atoms. The molecule has 4 nitrogen and oxygen atoms in total. The summed E-state index contributed by atoms with van der Waals surface area (Å²) in [5.74, 6) is -2.90. The number of benzene rings is 1. The molecule has 0 saturated heterocycles. The van der Waals surface area contributed by atoms with Gasteiger partial charge in [0.25, 0.3) is 0 Å². The minimum atomic E-state index is -0.794. The van der Waals surface area contributed by atoms with Crippen LogP contribution in [0.2, 0.25) is 0 Å². The fourth-order valence-electron chi connectivity index (χ4n) is 3.28. The van der Waals surface area contributed by atoms with E-state index in [1.807, 2.05) is 27.7 Å². The van der Waals surface area contributed by atoms with Crippen molar-refractivity contribution in [3.05, 3.63) is 46.7 Å². The van der Waals surface area contributed by atoms with Crippen LogP contribution in [0.1, 0.15) is 52.5 Å². The van der Waals surface area contributed by atoms with Crippen LogP contribution in [0.25, 0.3) is 0 Å². The van der Waals surface area contributed by atoms with Crippen molar-refractivity contribution in [1.29, 1.82) is 0 Å². The average Bonchev–Trinajstić information content (AvgIpc) is 2.51. The van der Waals surface area contributed by atoms with Crippen molar-refractivity contribution in [2.24, 2.45) is 5.92 Å². The van der Waals surface area contributed by atoms with Gasteiger partial charge in [-0.25, -0.2) is 13.6 Å². The number of hydrogen-bond donors (Lipinski definition) is 0. The van der Waals surface area contributed by atoms with Crippen LogP contribution < -0.4 is 0 Å². The van der Waals surface area contributed by atoms with Gasteiger partial charge in [0.1, 0.15) is 11.6 Å². The number of carbonyl (C=O) groups is 2.